The molecule has 1 N–H and O–H groups in total. The number of rotatable bonds is 9. The number of nitrogens with one attached hydrogen (secondary N) is 1. The summed E-state index contributed by atoms with van der Waals surface area (Å²) in [5, 5.41) is 6.86. The van der Waals surface area contributed by atoms with Gasteiger partial charge in [-0.15, -0.1) is 0 Å². The summed E-state index contributed by atoms with van der Waals surface area (Å²) in [7, 11) is 1.53. The number of hydrogen-bond acceptors (Lipinski definition) is 7. The Hall–Kier alpha value is -4.33. The Morgan fingerprint density at radius 2 is 1.68 bits per heavy atom. The molecule has 0 aliphatic rings. The molecule has 4 rings (SSSR count). The first-order valence-corrected chi connectivity index (χ1v) is 10.8. The second kappa shape index (κ2) is 10.5. The maximum Gasteiger partial charge on any atom is 0.262 e. The summed E-state index contributed by atoms with van der Waals surface area (Å²) in [5.41, 5.74) is 3.35. The molecule has 0 aliphatic heterocycles. The van der Waals surface area contributed by atoms with Gasteiger partial charge in [0.1, 0.15) is 5.75 Å². The van der Waals surface area contributed by atoms with Crippen LogP contribution in [-0.2, 0) is 4.79 Å². The summed E-state index contributed by atoms with van der Waals surface area (Å²) in [6, 6.07) is 20.2. The van der Waals surface area contributed by atoms with Crippen LogP contribution in [0.4, 0.5) is 5.69 Å². The van der Waals surface area contributed by atoms with Crippen LogP contribution in [0.15, 0.2) is 71.3 Å². The van der Waals surface area contributed by atoms with Gasteiger partial charge < -0.3 is 24.1 Å². The van der Waals surface area contributed by atoms with Gasteiger partial charge in [-0.1, -0.05) is 22.9 Å². The van der Waals surface area contributed by atoms with Gasteiger partial charge in [-0.05, 0) is 68.4 Å². The van der Waals surface area contributed by atoms with Crippen LogP contribution in [0, 0.1) is 6.92 Å². The van der Waals surface area contributed by atoms with E-state index < -0.39 is 0 Å². The smallest absolute Gasteiger partial charge is 0.262 e. The van der Waals surface area contributed by atoms with Crippen molar-refractivity contribution in [1.82, 2.24) is 10.1 Å². The predicted molar refractivity (Wildman–Crippen MR) is 128 cm³/mol. The Labute approximate surface area is 197 Å². The fourth-order valence-electron chi connectivity index (χ4n) is 3.22. The topological polar surface area (TPSA) is 95.7 Å². The van der Waals surface area contributed by atoms with E-state index in [1.807, 2.05) is 38.1 Å². The Kier molecular flexibility index (Phi) is 7.07. The van der Waals surface area contributed by atoms with Gasteiger partial charge in [-0.25, -0.2) is 0 Å². The van der Waals surface area contributed by atoms with Gasteiger partial charge in [0.15, 0.2) is 18.1 Å². The lowest BCUT2D eigenvalue weighted by Gasteiger charge is -2.12. The number of hydrogen-bond donors (Lipinski definition) is 1. The third-order valence-corrected chi connectivity index (χ3v) is 4.95. The molecule has 4 aromatic rings. The molecule has 0 fully saturated rings. The van der Waals surface area contributed by atoms with E-state index in [4.69, 9.17) is 18.7 Å². The first-order chi connectivity index (χ1) is 16.6. The van der Waals surface area contributed by atoms with E-state index in [0.29, 0.717) is 41.1 Å². The first-order valence-electron chi connectivity index (χ1n) is 10.8. The van der Waals surface area contributed by atoms with Crippen molar-refractivity contribution >= 4 is 11.6 Å². The molecule has 3 aromatic carbocycles. The van der Waals surface area contributed by atoms with E-state index in [1.165, 1.54) is 7.11 Å². The van der Waals surface area contributed by atoms with E-state index in [-0.39, 0.29) is 12.5 Å². The van der Waals surface area contributed by atoms with Crippen LogP contribution in [0.1, 0.15) is 12.5 Å². The van der Waals surface area contributed by atoms with Gasteiger partial charge in [0.05, 0.1) is 13.7 Å². The molecule has 0 saturated carbocycles. The molecule has 0 saturated heterocycles. The molecule has 0 atom stereocenters. The molecule has 0 aliphatic carbocycles. The van der Waals surface area contributed by atoms with E-state index in [2.05, 4.69) is 15.5 Å². The minimum atomic E-state index is -0.295. The summed E-state index contributed by atoms with van der Waals surface area (Å²) >= 11 is 0. The van der Waals surface area contributed by atoms with Crippen molar-refractivity contribution in [2.75, 3.05) is 25.6 Å². The van der Waals surface area contributed by atoms with Gasteiger partial charge in [0.2, 0.25) is 5.82 Å². The zero-order valence-electron chi connectivity index (χ0n) is 19.2. The number of aryl methyl sites for hydroxylation is 1. The monoisotopic (exact) mass is 459 g/mol. The molecule has 34 heavy (non-hydrogen) atoms. The lowest BCUT2D eigenvalue weighted by molar-refractivity contribution is -0.118. The van der Waals surface area contributed by atoms with Gasteiger partial charge in [0, 0.05) is 16.8 Å². The van der Waals surface area contributed by atoms with Crippen LogP contribution in [0.25, 0.3) is 22.8 Å². The van der Waals surface area contributed by atoms with Crippen molar-refractivity contribution in [3.63, 3.8) is 0 Å². The van der Waals surface area contributed by atoms with Crippen molar-refractivity contribution in [2.24, 2.45) is 0 Å². The summed E-state index contributed by atoms with van der Waals surface area (Å²) in [5.74, 6) is 2.18. The van der Waals surface area contributed by atoms with Crippen LogP contribution >= 0.6 is 0 Å². The molecule has 0 bridgehead atoms. The zero-order chi connectivity index (χ0) is 23.9. The zero-order valence-corrected chi connectivity index (χ0v) is 19.2. The van der Waals surface area contributed by atoms with E-state index in [1.54, 1.807) is 42.5 Å². The van der Waals surface area contributed by atoms with Crippen molar-refractivity contribution in [3.8, 4) is 40.1 Å². The number of benzene rings is 3. The number of carbonyl (C=O) groups excluding carboxylic acids is 1. The SMILES string of the molecule is CCOc1ccc(NC(=O)COc2ccc(-c3noc(-c4ccc(C)cc4)n3)cc2OC)cc1. The standard InChI is InChI=1S/C26H25N3O5/c1-4-32-21-12-10-20(11-13-21)27-24(30)16-33-22-14-9-19(15-23(22)31-3)25-28-26(34-29-25)18-7-5-17(2)6-8-18/h5-15H,4,16H2,1-3H3,(H,27,30). The predicted octanol–water partition coefficient (Wildman–Crippen LogP) is 5.14. The molecule has 0 spiro atoms. The Bertz CT molecular complexity index is 1250. The summed E-state index contributed by atoms with van der Waals surface area (Å²) in [6.45, 7) is 4.34. The van der Waals surface area contributed by atoms with Crippen molar-refractivity contribution in [1.29, 1.82) is 0 Å². The van der Waals surface area contributed by atoms with Crippen LogP contribution in [0.5, 0.6) is 17.2 Å². The number of methoxy groups -OCH3 is 1. The van der Waals surface area contributed by atoms with E-state index in [9.17, 15) is 4.79 Å². The Balaban J connectivity index is 1.40. The number of anilines is 1. The van der Waals surface area contributed by atoms with Crippen molar-refractivity contribution in [3.05, 3.63) is 72.3 Å². The highest BCUT2D eigenvalue weighted by Crippen LogP contribution is 2.32. The number of amides is 1. The van der Waals surface area contributed by atoms with Gasteiger partial charge in [-0.3, -0.25) is 4.79 Å². The largest absolute Gasteiger partial charge is 0.494 e. The number of aromatic nitrogens is 2. The maximum atomic E-state index is 12.3. The van der Waals surface area contributed by atoms with Crippen LogP contribution < -0.4 is 19.5 Å². The Morgan fingerprint density at radius 3 is 2.38 bits per heavy atom. The third-order valence-electron chi connectivity index (χ3n) is 4.95. The van der Waals surface area contributed by atoms with Crippen LogP contribution in [-0.4, -0.2) is 36.4 Å². The minimum Gasteiger partial charge on any atom is -0.494 e. The molecule has 0 unspecified atom stereocenters. The minimum absolute atomic E-state index is 0.178. The van der Waals surface area contributed by atoms with Crippen molar-refractivity contribution < 1.29 is 23.5 Å². The average Bonchev–Trinajstić information content (AvgIpc) is 3.35. The second-order valence-corrected chi connectivity index (χ2v) is 7.45. The third kappa shape index (κ3) is 5.53. The molecular weight excluding hydrogens is 434 g/mol. The van der Waals surface area contributed by atoms with E-state index in [0.717, 1.165) is 16.9 Å². The van der Waals surface area contributed by atoms with Crippen molar-refractivity contribution in [2.45, 2.75) is 13.8 Å². The fourth-order valence-corrected chi connectivity index (χ4v) is 3.22. The molecule has 1 amide bonds. The number of ether oxygens (including phenoxy) is 3. The number of nitrogens with zero attached hydrogens (tertiary/aromatic N) is 2. The first kappa shape index (κ1) is 22.8. The molecule has 0 radical (unpaired) electrons. The second-order valence-electron chi connectivity index (χ2n) is 7.45. The highest BCUT2D eigenvalue weighted by atomic mass is 16.5. The summed E-state index contributed by atoms with van der Waals surface area (Å²) in [4.78, 5) is 16.8. The molecular formula is C26H25N3O5. The Morgan fingerprint density at radius 1 is 0.941 bits per heavy atom. The van der Waals surface area contributed by atoms with Gasteiger partial charge in [0.25, 0.3) is 11.8 Å². The molecule has 8 nitrogen and oxygen atoms in total. The van der Waals surface area contributed by atoms with Crippen LogP contribution in [0.2, 0.25) is 0 Å². The average molecular weight is 460 g/mol. The van der Waals surface area contributed by atoms with Crippen LogP contribution in [0.3, 0.4) is 0 Å². The number of carbonyl (C=O) groups is 1. The molecule has 1 aromatic heterocycles. The molecule has 174 valence electrons. The fraction of sp³-hybridized carbons (Fsp3) is 0.192. The lowest BCUT2D eigenvalue weighted by atomic mass is 10.1. The summed E-state index contributed by atoms with van der Waals surface area (Å²) in [6.07, 6.45) is 0. The quantitative estimate of drug-likeness (QED) is 0.370. The van der Waals surface area contributed by atoms with E-state index >= 15 is 0 Å². The lowest BCUT2D eigenvalue weighted by Crippen LogP contribution is -2.20. The maximum absolute atomic E-state index is 12.3. The highest BCUT2D eigenvalue weighted by molar-refractivity contribution is 5.92. The normalized spacial score (nSPS) is 10.6. The van der Waals surface area contributed by atoms with Gasteiger partial charge >= 0.3 is 0 Å². The molecule has 1 heterocycles. The molecule has 8 heteroatoms. The summed E-state index contributed by atoms with van der Waals surface area (Å²) < 4.78 is 21.9. The van der Waals surface area contributed by atoms with Gasteiger partial charge in [-0.2, -0.15) is 4.98 Å². The highest BCUT2D eigenvalue weighted by Gasteiger charge is 2.14.